The molecule has 1 N–H and O–H groups in total. The molecule has 3 aromatic rings. The number of anilines is 1. The molecule has 3 aliphatic heterocycles. The fraction of sp³-hybridized carbons (Fsp3) is 0.609. The molecule has 12 heteroatoms. The van der Waals surface area contributed by atoms with Crippen LogP contribution in [0.25, 0.3) is 22.2 Å². The molecule has 0 saturated carbocycles. The third-order valence-corrected chi connectivity index (χ3v) is 8.01. The molecule has 0 aliphatic carbocycles. The number of fused-ring (bicyclic) bond motifs is 4. The molecule has 188 valence electrons. The van der Waals surface area contributed by atoms with E-state index in [1.807, 2.05) is 11.9 Å². The van der Waals surface area contributed by atoms with Gasteiger partial charge in [0.25, 0.3) is 0 Å². The lowest BCUT2D eigenvalue weighted by atomic mass is 9.94. The minimum atomic E-state index is -1.04. The first-order chi connectivity index (χ1) is 16.8. The number of rotatable bonds is 4. The normalized spacial score (nSPS) is 28.9. The Morgan fingerprint density at radius 3 is 3.00 bits per heavy atom. The Labute approximate surface area is 215 Å². The highest BCUT2D eigenvalue weighted by Crippen LogP contribution is 2.42. The highest BCUT2D eigenvalue weighted by Gasteiger charge is 2.47. The molecule has 6 heterocycles. The molecule has 0 unspecified atom stereocenters. The molecule has 3 fully saturated rings. The summed E-state index contributed by atoms with van der Waals surface area (Å²) in [6, 6.07) is 0.207. The zero-order chi connectivity index (χ0) is 24.4. The van der Waals surface area contributed by atoms with Crippen LogP contribution >= 0.6 is 22.6 Å². The van der Waals surface area contributed by atoms with Crippen molar-refractivity contribution in [3.05, 3.63) is 15.6 Å². The lowest BCUT2D eigenvalue weighted by Gasteiger charge is -2.31. The van der Waals surface area contributed by atoms with Crippen LogP contribution < -0.4 is 9.64 Å². The van der Waals surface area contributed by atoms with Crippen molar-refractivity contribution in [1.29, 1.82) is 0 Å². The first-order valence-electron chi connectivity index (χ1n) is 11.8. The Morgan fingerprint density at radius 1 is 1.31 bits per heavy atom. The van der Waals surface area contributed by atoms with Crippen molar-refractivity contribution in [2.45, 2.75) is 37.3 Å². The van der Waals surface area contributed by atoms with E-state index in [2.05, 4.69) is 37.6 Å². The second-order valence-corrected chi connectivity index (χ2v) is 11.2. The van der Waals surface area contributed by atoms with Gasteiger partial charge in [-0.1, -0.05) is 0 Å². The van der Waals surface area contributed by atoms with E-state index in [-0.39, 0.29) is 18.2 Å². The van der Waals surface area contributed by atoms with Crippen molar-refractivity contribution in [3.8, 4) is 6.01 Å². The van der Waals surface area contributed by atoms with Crippen LogP contribution in [-0.4, -0.2) is 86.9 Å². The molecule has 3 aliphatic rings. The Morgan fingerprint density at radius 2 is 2.17 bits per heavy atom. The second-order valence-electron chi connectivity index (χ2n) is 10.2. The maximum absolute atomic E-state index is 13.3. The van der Waals surface area contributed by atoms with Crippen LogP contribution in [-0.2, 0) is 11.8 Å². The van der Waals surface area contributed by atoms with Gasteiger partial charge in [-0.15, -0.1) is 0 Å². The summed E-state index contributed by atoms with van der Waals surface area (Å²) in [5.74, 6) is 0.616. The van der Waals surface area contributed by atoms with E-state index in [1.165, 1.54) is 0 Å². The van der Waals surface area contributed by atoms with E-state index in [0.29, 0.717) is 56.4 Å². The molecule has 0 bridgehead atoms. The minimum Gasteiger partial charge on any atom is -0.461 e. The first kappa shape index (κ1) is 23.4. The van der Waals surface area contributed by atoms with Gasteiger partial charge in [-0.2, -0.15) is 15.1 Å². The Hall–Kier alpha value is -2.03. The van der Waals surface area contributed by atoms with Gasteiger partial charge in [0.2, 0.25) is 5.71 Å². The molecule has 2 atom stereocenters. The summed E-state index contributed by atoms with van der Waals surface area (Å²) in [6.45, 7) is 5.28. The number of ether oxygens (including phenoxy) is 2. The van der Waals surface area contributed by atoms with Crippen LogP contribution in [0.3, 0.4) is 0 Å². The first-order valence-corrected chi connectivity index (χ1v) is 12.9. The predicted octanol–water partition coefficient (Wildman–Crippen LogP) is 2.77. The van der Waals surface area contributed by atoms with Crippen LogP contribution in [0.5, 0.6) is 6.01 Å². The number of β-amino-alcohol motifs (C(OH)–C–C–N with tert-alkyl or cyclic N) is 1. The summed E-state index contributed by atoms with van der Waals surface area (Å²) < 4.78 is 33.8. The van der Waals surface area contributed by atoms with Gasteiger partial charge in [-0.05, 0) is 60.9 Å². The van der Waals surface area contributed by atoms with Crippen molar-refractivity contribution < 1.29 is 23.4 Å². The fourth-order valence-electron chi connectivity index (χ4n) is 5.75. The average molecular weight is 598 g/mol. The van der Waals surface area contributed by atoms with Gasteiger partial charge in [-0.25, -0.2) is 4.39 Å². The maximum Gasteiger partial charge on any atom is 0.321 e. The van der Waals surface area contributed by atoms with E-state index in [4.69, 9.17) is 18.9 Å². The molecule has 0 amide bonds. The molecule has 10 nitrogen and oxygen atoms in total. The van der Waals surface area contributed by atoms with Gasteiger partial charge >= 0.3 is 6.01 Å². The highest BCUT2D eigenvalue weighted by atomic mass is 127. The summed E-state index contributed by atoms with van der Waals surface area (Å²) in [6.07, 6.45) is 3.39. The van der Waals surface area contributed by atoms with Crippen LogP contribution in [0, 0.1) is 3.70 Å². The van der Waals surface area contributed by atoms with Crippen molar-refractivity contribution in [1.82, 2.24) is 24.6 Å². The number of halogens is 2. The van der Waals surface area contributed by atoms with Gasteiger partial charge < -0.3 is 23.9 Å². The number of hydrogen-bond acceptors (Lipinski definition) is 9. The molecule has 0 radical (unpaired) electrons. The molecular formula is C23H28FIN6O4. The number of hydrogen-bond donors (Lipinski definition) is 1. The average Bonchev–Trinajstić information content (AvgIpc) is 3.51. The van der Waals surface area contributed by atoms with Gasteiger partial charge in [0, 0.05) is 20.1 Å². The Bertz CT molecular complexity index is 1320. The number of aliphatic hydroxyl groups is 1. The van der Waals surface area contributed by atoms with Gasteiger partial charge in [0.05, 0.1) is 31.6 Å². The molecule has 0 aromatic carbocycles. The van der Waals surface area contributed by atoms with Crippen LogP contribution in [0.2, 0.25) is 0 Å². The Balaban J connectivity index is 1.42. The van der Waals surface area contributed by atoms with E-state index < -0.39 is 5.60 Å². The molecular weight excluding hydrogens is 570 g/mol. The quantitative estimate of drug-likeness (QED) is 0.455. The van der Waals surface area contributed by atoms with Gasteiger partial charge in [0.1, 0.15) is 28.9 Å². The summed E-state index contributed by atoms with van der Waals surface area (Å²) in [7, 11) is 1.86. The maximum atomic E-state index is 13.3. The topological polar surface area (TPSA) is 102 Å². The largest absolute Gasteiger partial charge is 0.461 e. The Kier molecular flexibility index (Phi) is 5.69. The number of aryl methyl sites for hydroxylation is 1. The second kappa shape index (κ2) is 8.53. The summed E-state index contributed by atoms with van der Waals surface area (Å²) >= 11 is 2.14. The summed E-state index contributed by atoms with van der Waals surface area (Å²) in [5, 5.41) is 16.0. The zero-order valence-corrected chi connectivity index (χ0v) is 21.9. The third kappa shape index (κ3) is 3.98. The fourth-order valence-corrected chi connectivity index (χ4v) is 6.44. The predicted molar refractivity (Wildman–Crippen MR) is 135 cm³/mol. The third-order valence-electron chi connectivity index (χ3n) is 7.30. The molecule has 35 heavy (non-hydrogen) atoms. The molecule has 6 rings (SSSR count). The minimum absolute atomic E-state index is 0.207. The van der Waals surface area contributed by atoms with E-state index in [9.17, 15) is 9.50 Å². The molecule has 3 aromatic heterocycles. The highest BCUT2D eigenvalue weighted by molar-refractivity contribution is 14.1. The molecule has 3 saturated heterocycles. The van der Waals surface area contributed by atoms with Crippen LogP contribution in [0.1, 0.15) is 26.2 Å². The van der Waals surface area contributed by atoms with Gasteiger partial charge in [-0.3, -0.25) is 9.58 Å². The van der Waals surface area contributed by atoms with E-state index in [1.54, 1.807) is 11.6 Å². The number of furan rings is 1. The standard InChI is InChI=1S/C23H28FIN6O4/c1-22(32)11-30(6-7-33-12-22)19-15-16-17(18(25)28-29(16)2)35-20(15)27-21(26-19)34-13-23-4-3-5-31(23)10-14(8-23)9-24/h9,32H,3-8,10-13H2,1-2H3/b14-9-/t22-,23-/m0/s1. The van der Waals surface area contributed by atoms with Crippen molar-refractivity contribution in [2.75, 3.05) is 50.9 Å². The zero-order valence-electron chi connectivity index (χ0n) is 19.8. The van der Waals surface area contributed by atoms with Gasteiger partial charge in [0.15, 0.2) is 9.28 Å². The monoisotopic (exact) mass is 598 g/mol. The van der Waals surface area contributed by atoms with Crippen LogP contribution in [0.4, 0.5) is 10.2 Å². The van der Waals surface area contributed by atoms with E-state index >= 15 is 0 Å². The molecule has 0 spiro atoms. The van der Waals surface area contributed by atoms with E-state index in [0.717, 1.165) is 45.9 Å². The lowest BCUT2D eigenvalue weighted by molar-refractivity contribution is -0.0123. The smallest absolute Gasteiger partial charge is 0.321 e. The lowest BCUT2D eigenvalue weighted by Crippen LogP contribution is -2.43. The number of aromatic nitrogens is 4. The SMILES string of the molecule is Cn1nc(I)c2oc3nc(OC[C@@]45CCCN4C/C(=C\F)C5)nc(N4CCOC[C@@](C)(O)C4)c3c21. The van der Waals surface area contributed by atoms with Crippen molar-refractivity contribution >= 4 is 50.6 Å². The van der Waals surface area contributed by atoms with Crippen molar-refractivity contribution in [2.24, 2.45) is 7.05 Å². The number of nitrogens with zero attached hydrogens (tertiary/aromatic N) is 6. The van der Waals surface area contributed by atoms with Crippen LogP contribution in [0.15, 0.2) is 16.3 Å². The van der Waals surface area contributed by atoms with Crippen molar-refractivity contribution in [3.63, 3.8) is 0 Å². The summed E-state index contributed by atoms with van der Waals surface area (Å²) in [5.41, 5.74) is 1.38. The summed E-state index contributed by atoms with van der Waals surface area (Å²) in [4.78, 5) is 13.8.